The van der Waals surface area contributed by atoms with Crippen molar-refractivity contribution in [2.75, 3.05) is 6.61 Å². The predicted octanol–water partition coefficient (Wildman–Crippen LogP) is 3.43. The van der Waals surface area contributed by atoms with E-state index in [-0.39, 0.29) is 11.4 Å². The molecular weight excluding hydrogens is 281 g/mol. The Kier molecular flexibility index (Phi) is 4.30. The summed E-state index contributed by atoms with van der Waals surface area (Å²) in [6.07, 6.45) is 0.566. The molecule has 0 aliphatic rings. The minimum atomic E-state index is -0.314. The molecule has 4 heteroatoms. The summed E-state index contributed by atoms with van der Waals surface area (Å²) in [4.78, 5) is 14.4. The molecule has 0 aliphatic heterocycles. The molecule has 3 nitrogen and oxygen atoms in total. The van der Waals surface area contributed by atoms with Crippen LogP contribution in [0.25, 0.3) is 10.9 Å². The molecule has 2 aromatic carbocycles. The van der Waals surface area contributed by atoms with Crippen molar-refractivity contribution in [3.05, 3.63) is 81.9 Å². The van der Waals surface area contributed by atoms with Crippen LogP contribution in [0.15, 0.2) is 59.4 Å². The smallest absolute Gasteiger partial charge is 0.248 e. The van der Waals surface area contributed by atoms with Gasteiger partial charge < -0.3 is 9.72 Å². The highest BCUT2D eigenvalue weighted by Gasteiger charge is 2.05. The summed E-state index contributed by atoms with van der Waals surface area (Å²) in [7, 11) is 0. The summed E-state index contributed by atoms with van der Waals surface area (Å²) in [5, 5.41) is 0.725. The zero-order valence-corrected chi connectivity index (χ0v) is 12.0. The minimum Gasteiger partial charge on any atom is -0.376 e. The second-order valence-corrected chi connectivity index (χ2v) is 5.14. The summed E-state index contributed by atoms with van der Waals surface area (Å²) in [5.74, 6) is -0.314. The third kappa shape index (κ3) is 3.40. The molecule has 112 valence electrons. The van der Waals surface area contributed by atoms with Crippen LogP contribution in [0.2, 0.25) is 0 Å². The van der Waals surface area contributed by atoms with Crippen LogP contribution in [-0.2, 0) is 17.8 Å². The fourth-order valence-electron chi connectivity index (χ4n) is 2.45. The Morgan fingerprint density at radius 1 is 1.05 bits per heavy atom. The number of fused-ring (bicyclic) bond motifs is 1. The number of hydrogen-bond donors (Lipinski definition) is 1. The molecule has 0 unspecified atom stereocenters. The minimum absolute atomic E-state index is 0.183. The Labute approximate surface area is 127 Å². The molecule has 0 amide bonds. The van der Waals surface area contributed by atoms with Gasteiger partial charge in [-0.05, 0) is 35.7 Å². The number of benzene rings is 2. The van der Waals surface area contributed by atoms with E-state index in [1.165, 1.54) is 18.2 Å². The van der Waals surface area contributed by atoms with Crippen LogP contribution in [0, 0.1) is 5.82 Å². The van der Waals surface area contributed by atoms with E-state index in [4.69, 9.17) is 4.74 Å². The highest BCUT2D eigenvalue weighted by Crippen LogP contribution is 2.17. The van der Waals surface area contributed by atoms with Gasteiger partial charge in [0.15, 0.2) is 0 Å². The van der Waals surface area contributed by atoms with E-state index in [0.29, 0.717) is 25.2 Å². The average Bonchev–Trinajstić information content (AvgIpc) is 2.53. The Hall–Kier alpha value is -2.46. The van der Waals surface area contributed by atoms with Gasteiger partial charge in [-0.3, -0.25) is 4.79 Å². The van der Waals surface area contributed by atoms with Crippen LogP contribution in [0.4, 0.5) is 4.39 Å². The molecule has 0 radical (unpaired) electrons. The number of H-pyrrole nitrogens is 1. The second-order valence-electron chi connectivity index (χ2n) is 5.14. The molecule has 0 aliphatic carbocycles. The van der Waals surface area contributed by atoms with Gasteiger partial charge in [0, 0.05) is 17.0 Å². The molecular formula is C18H16FNO2. The van der Waals surface area contributed by atoms with E-state index in [1.54, 1.807) is 6.07 Å². The first kappa shape index (κ1) is 14.5. The number of pyridine rings is 1. The van der Waals surface area contributed by atoms with Gasteiger partial charge in [0.1, 0.15) is 5.82 Å². The first-order chi connectivity index (χ1) is 10.7. The van der Waals surface area contributed by atoms with Gasteiger partial charge in [-0.1, -0.05) is 30.3 Å². The van der Waals surface area contributed by atoms with E-state index < -0.39 is 0 Å². The molecule has 22 heavy (non-hydrogen) atoms. The van der Waals surface area contributed by atoms with Crippen LogP contribution >= 0.6 is 0 Å². The SMILES string of the molecule is O=c1cc(CCOCc2ccccc2)c2cc(F)ccc2[nH]1. The zero-order valence-electron chi connectivity index (χ0n) is 12.0. The largest absolute Gasteiger partial charge is 0.376 e. The summed E-state index contributed by atoms with van der Waals surface area (Å²) in [6.45, 7) is 1.00. The number of halogens is 1. The lowest BCUT2D eigenvalue weighted by Gasteiger charge is -2.07. The first-order valence-electron chi connectivity index (χ1n) is 7.15. The van der Waals surface area contributed by atoms with Crippen molar-refractivity contribution in [2.45, 2.75) is 13.0 Å². The molecule has 1 aromatic heterocycles. The maximum atomic E-state index is 13.4. The van der Waals surface area contributed by atoms with Crippen molar-refractivity contribution in [1.29, 1.82) is 0 Å². The standard InChI is InChI=1S/C18H16FNO2/c19-15-6-7-17-16(11-15)14(10-18(21)20-17)8-9-22-12-13-4-2-1-3-5-13/h1-7,10-11H,8-9,12H2,(H,20,21). The molecule has 3 rings (SSSR count). The van der Waals surface area contributed by atoms with Gasteiger partial charge in [-0.2, -0.15) is 0 Å². The highest BCUT2D eigenvalue weighted by molar-refractivity contribution is 5.81. The highest BCUT2D eigenvalue weighted by atomic mass is 19.1. The third-order valence-corrected chi connectivity index (χ3v) is 3.52. The van der Waals surface area contributed by atoms with Crippen molar-refractivity contribution in [3.63, 3.8) is 0 Å². The number of aromatic amines is 1. The average molecular weight is 297 g/mol. The lowest BCUT2D eigenvalue weighted by molar-refractivity contribution is 0.124. The van der Waals surface area contributed by atoms with Crippen LogP contribution in [0.5, 0.6) is 0 Å². The molecule has 0 atom stereocenters. The number of aromatic nitrogens is 1. The fraction of sp³-hybridized carbons (Fsp3) is 0.167. The molecule has 1 N–H and O–H groups in total. The normalized spacial score (nSPS) is 11.0. The fourth-order valence-corrected chi connectivity index (χ4v) is 2.45. The summed E-state index contributed by atoms with van der Waals surface area (Å²) in [5.41, 5.74) is 2.36. The summed E-state index contributed by atoms with van der Waals surface area (Å²) in [6, 6.07) is 15.8. The maximum absolute atomic E-state index is 13.4. The van der Waals surface area contributed by atoms with Gasteiger partial charge in [0.2, 0.25) is 5.56 Å². The lowest BCUT2D eigenvalue weighted by Crippen LogP contribution is -2.09. The predicted molar refractivity (Wildman–Crippen MR) is 84.3 cm³/mol. The van der Waals surface area contributed by atoms with Crippen LogP contribution in [0.3, 0.4) is 0 Å². The monoisotopic (exact) mass is 297 g/mol. The van der Waals surface area contributed by atoms with Gasteiger partial charge in [0.05, 0.1) is 13.2 Å². The quantitative estimate of drug-likeness (QED) is 0.733. The topological polar surface area (TPSA) is 42.1 Å². The number of rotatable bonds is 5. The third-order valence-electron chi connectivity index (χ3n) is 3.52. The van der Waals surface area contributed by atoms with E-state index in [0.717, 1.165) is 16.5 Å². The van der Waals surface area contributed by atoms with Gasteiger partial charge in [-0.15, -0.1) is 0 Å². The molecule has 0 saturated heterocycles. The van der Waals surface area contributed by atoms with Crippen molar-refractivity contribution >= 4 is 10.9 Å². The van der Waals surface area contributed by atoms with Crippen molar-refractivity contribution < 1.29 is 9.13 Å². The molecule has 0 spiro atoms. The molecule has 0 bridgehead atoms. The van der Waals surface area contributed by atoms with E-state index in [2.05, 4.69) is 4.98 Å². The number of ether oxygens (including phenoxy) is 1. The number of nitrogens with one attached hydrogen (secondary N) is 1. The van der Waals surface area contributed by atoms with Crippen molar-refractivity contribution in [3.8, 4) is 0 Å². The molecule has 0 fully saturated rings. The molecule has 1 heterocycles. The van der Waals surface area contributed by atoms with Gasteiger partial charge >= 0.3 is 0 Å². The Morgan fingerprint density at radius 2 is 1.86 bits per heavy atom. The molecule has 3 aromatic rings. The van der Waals surface area contributed by atoms with Gasteiger partial charge in [-0.25, -0.2) is 4.39 Å². The van der Waals surface area contributed by atoms with Crippen molar-refractivity contribution in [1.82, 2.24) is 4.98 Å². The first-order valence-corrected chi connectivity index (χ1v) is 7.15. The van der Waals surface area contributed by atoms with Crippen LogP contribution in [-0.4, -0.2) is 11.6 Å². The van der Waals surface area contributed by atoms with Crippen molar-refractivity contribution in [2.24, 2.45) is 0 Å². The van der Waals surface area contributed by atoms with E-state index in [9.17, 15) is 9.18 Å². The Morgan fingerprint density at radius 3 is 2.68 bits per heavy atom. The Balaban J connectivity index is 1.71. The lowest BCUT2D eigenvalue weighted by atomic mass is 10.1. The maximum Gasteiger partial charge on any atom is 0.248 e. The number of hydrogen-bond acceptors (Lipinski definition) is 2. The van der Waals surface area contributed by atoms with Crippen LogP contribution in [0.1, 0.15) is 11.1 Å². The Bertz CT molecular complexity index is 827. The van der Waals surface area contributed by atoms with Crippen LogP contribution < -0.4 is 5.56 Å². The van der Waals surface area contributed by atoms with E-state index in [1.807, 2.05) is 30.3 Å². The second kappa shape index (κ2) is 6.54. The van der Waals surface area contributed by atoms with Gasteiger partial charge in [0.25, 0.3) is 0 Å². The molecule has 0 saturated carbocycles. The summed E-state index contributed by atoms with van der Waals surface area (Å²) >= 11 is 0. The zero-order chi connectivity index (χ0) is 15.4. The van der Waals surface area contributed by atoms with E-state index >= 15 is 0 Å². The summed E-state index contributed by atoms with van der Waals surface area (Å²) < 4.78 is 19.0.